The highest BCUT2D eigenvalue weighted by Gasteiger charge is 2.36. The van der Waals surface area contributed by atoms with E-state index in [1.54, 1.807) is 6.20 Å². The van der Waals surface area contributed by atoms with Crippen molar-refractivity contribution in [2.75, 3.05) is 31.1 Å². The van der Waals surface area contributed by atoms with E-state index >= 15 is 0 Å². The van der Waals surface area contributed by atoms with Crippen molar-refractivity contribution >= 4 is 22.6 Å². The van der Waals surface area contributed by atoms with Crippen LogP contribution in [0.1, 0.15) is 27.0 Å². The molecule has 1 fully saturated rings. The first kappa shape index (κ1) is 22.5. The van der Waals surface area contributed by atoms with Crippen LogP contribution in [0.5, 0.6) is 0 Å². The van der Waals surface area contributed by atoms with Crippen molar-refractivity contribution in [2.45, 2.75) is 6.18 Å². The predicted molar refractivity (Wildman–Crippen MR) is 128 cm³/mol. The van der Waals surface area contributed by atoms with Crippen LogP contribution in [0.25, 0.3) is 10.9 Å². The van der Waals surface area contributed by atoms with Crippen molar-refractivity contribution in [2.24, 2.45) is 0 Å². The molecule has 0 bridgehead atoms. The van der Waals surface area contributed by atoms with E-state index in [2.05, 4.69) is 21.8 Å². The summed E-state index contributed by atoms with van der Waals surface area (Å²) >= 11 is 0. The van der Waals surface area contributed by atoms with Gasteiger partial charge in [-0.2, -0.15) is 13.2 Å². The molecular weight excluding hydrogens is 453 g/mol. The molecule has 0 unspecified atom stereocenters. The van der Waals surface area contributed by atoms with Gasteiger partial charge < -0.3 is 14.8 Å². The minimum Gasteiger partial charge on any atom is -0.361 e. The van der Waals surface area contributed by atoms with E-state index < -0.39 is 17.6 Å². The smallest absolute Gasteiger partial charge is 0.361 e. The van der Waals surface area contributed by atoms with E-state index in [0.717, 1.165) is 33.9 Å². The van der Waals surface area contributed by atoms with Gasteiger partial charge in [-0.25, -0.2) is 4.98 Å². The summed E-state index contributed by atoms with van der Waals surface area (Å²) in [6.07, 6.45) is -0.979. The molecule has 0 atom stereocenters. The number of nitrogens with one attached hydrogen (secondary N) is 1. The summed E-state index contributed by atoms with van der Waals surface area (Å²) < 4.78 is 39.9. The molecule has 0 radical (unpaired) electrons. The summed E-state index contributed by atoms with van der Waals surface area (Å²) in [7, 11) is 0. The lowest BCUT2D eigenvalue weighted by atomic mass is 10.1. The number of carbonyl (C=O) groups is 1. The van der Waals surface area contributed by atoms with E-state index in [9.17, 15) is 18.0 Å². The zero-order valence-electron chi connectivity index (χ0n) is 18.6. The molecule has 0 spiro atoms. The number of amides is 1. The Kier molecular flexibility index (Phi) is 5.91. The highest BCUT2D eigenvalue weighted by Crippen LogP contribution is 2.32. The lowest BCUT2D eigenvalue weighted by Crippen LogP contribution is -2.49. The van der Waals surface area contributed by atoms with Crippen molar-refractivity contribution in [3.8, 4) is 11.8 Å². The maximum atomic E-state index is 13.3. The van der Waals surface area contributed by atoms with Crippen LogP contribution in [0, 0.1) is 11.8 Å². The number of hydrogen-bond acceptors (Lipinski definition) is 3. The Morgan fingerprint density at radius 2 is 1.66 bits per heavy atom. The number of aromatic nitrogens is 2. The zero-order chi connectivity index (χ0) is 24.4. The van der Waals surface area contributed by atoms with Gasteiger partial charge >= 0.3 is 6.18 Å². The SMILES string of the molecule is O=C(c1ccccc1C(F)(F)F)N1CCN(c2ccc(C#Cc3ccc4[nH]ccc4c3)cn2)CC1. The molecule has 1 N–H and O–H groups in total. The second-order valence-corrected chi connectivity index (χ2v) is 8.26. The Bertz CT molecular complexity index is 1420. The molecule has 35 heavy (non-hydrogen) atoms. The highest BCUT2D eigenvalue weighted by atomic mass is 19.4. The van der Waals surface area contributed by atoms with Crippen LogP contribution >= 0.6 is 0 Å². The van der Waals surface area contributed by atoms with Crippen molar-refractivity contribution in [3.05, 3.63) is 95.3 Å². The van der Waals surface area contributed by atoms with Crippen LogP contribution in [0.4, 0.5) is 19.0 Å². The zero-order valence-corrected chi connectivity index (χ0v) is 18.6. The van der Waals surface area contributed by atoms with Gasteiger partial charge in [0.1, 0.15) is 5.82 Å². The molecule has 0 aliphatic carbocycles. The summed E-state index contributed by atoms with van der Waals surface area (Å²) in [5.41, 5.74) is 1.53. The van der Waals surface area contributed by atoms with E-state index in [0.29, 0.717) is 26.2 Å². The molecule has 5 nitrogen and oxygen atoms in total. The van der Waals surface area contributed by atoms with Crippen LogP contribution in [0.2, 0.25) is 0 Å². The molecule has 5 rings (SSSR count). The molecule has 2 aromatic carbocycles. The number of hydrogen-bond donors (Lipinski definition) is 1. The largest absolute Gasteiger partial charge is 0.417 e. The average molecular weight is 474 g/mol. The van der Waals surface area contributed by atoms with Crippen molar-refractivity contribution < 1.29 is 18.0 Å². The summed E-state index contributed by atoms with van der Waals surface area (Å²) in [6.45, 7) is 1.59. The monoisotopic (exact) mass is 474 g/mol. The van der Waals surface area contributed by atoms with Gasteiger partial charge in [0, 0.05) is 60.6 Å². The van der Waals surface area contributed by atoms with Crippen LogP contribution in [0.15, 0.2) is 73.1 Å². The number of halogens is 3. The third-order valence-corrected chi connectivity index (χ3v) is 6.01. The molecule has 1 aliphatic rings. The number of fused-ring (bicyclic) bond motifs is 1. The maximum absolute atomic E-state index is 13.3. The number of aromatic amines is 1. The molecule has 1 amide bonds. The maximum Gasteiger partial charge on any atom is 0.417 e. The Morgan fingerprint density at radius 3 is 2.40 bits per heavy atom. The Balaban J connectivity index is 1.22. The van der Waals surface area contributed by atoms with Crippen LogP contribution in [0.3, 0.4) is 0 Å². The second-order valence-electron chi connectivity index (χ2n) is 8.26. The van der Waals surface area contributed by atoms with Gasteiger partial charge in [0.15, 0.2) is 0 Å². The van der Waals surface area contributed by atoms with E-state index in [1.807, 2.05) is 47.5 Å². The fourth-order valence-electron chi connectivity index (χ4n) is 4.15. The molecule has 3 heterocycles. The molecule has 4 aromatic rings. The predicted octanol–water partition coefficient (Wildman–Crippen LogP) is 4.94. The number of H-pyrrole nitrogens is 1. The number of piperazine rings is 1. The van der Waals surface area contributed by atoms with Crippen LogP contribution in [-0.2, 0) is 6.18 Å². The molecule has 176 valence electrons. The number of alkyl halides is 3. The Labute approximate surface area is 200 Å². The number of anilines is 1. The summed E-state index contributed by atoms with van der Waals surface area (Å²) in [4.78, 5) is 23.9. The number of rotatable bonds is 2. The average Bonchev–Trinajstić information content (AvgIpc) is 3.35. The first-order valence-electron chi connectivity index (χ1n) is 11.1. The van der Waals surface area contributed by atoms with E-state index in [1.165, 1.54) is 23.1 Å². The van der Waals surface area contributed by atoms with Gasteiger partial charge in [-0.05, 0) is 48.5 Å². The molecular formula is C27H21F3N4O. The van der Waals surface area contributed by atoms with Crippen molar-refractivity contribution in [1.82, 2.24) is 14.9 Å². The number of benzene rings is 2. The fourth-order valence-corrected chi connectivity index (χ4v) is 4.15. The van der Waals surface area contributed by atoms with Gasteiger partial charge in [0.25, 0.3) is 5.91 Å². The summed E-state index contributed by atoms with van der Waals surface area (Å²) in [6, 6.07) is 16.6. The fraction of sp³-hybridized carbons (Fsp3) is 0.185. The minimum atomic E-state index is -4.57. The molecule has 8 heteroatoms. The lowest BCUT2D eigenvalue weighted by molar-refractivity contribution is -0.138. The van der Waals surface area contributed by atoms with Gasteiger partial charge in [0.2, 0.25) is 0 Å². The normalized spacial score (nSPS) is 14.0. The number of nitrogens with zero attached hydrogens (tertiary/aromatic N) is 3. The highest BCUT2D eigenvalue weighted by molar-refractivity contribution is 5.96. The third-order valence-electron chi connectivity index (χ3n) is 6.01. The van der Waals surface area contributed by atoms with Gasteiger partial charge in [-0.1, -0.05) is 24.0 Å². The summed E-state index contributed by atoms with van der Waals surface area (Å²) in [5, 5.41) is 1.10. The first-order valence-corrected chi connectivity index (χ1v) is 11.1. The Hall–Kier alpha value is -4.25. The lowest BCUT2D eigenvalue weighted by Gasteiger charge is -2.35. The van der Waals surface area contributed by atoms with E-state index in [4.69, 9.17) is 0 Å². The second kappa shape index (κ2) is 9.18. The van der Waals surface area contributed by atoms with Gasteiger partial charge in [-0.15, -0.1) is 0 Å². The van der Waals surface area contributed by atoms with Crippen LogP contribution in [-0.4, -0.2) is 47.0 Å². The van der Waals surface area contributed by atoms with Crippen molar-refractivity contribution in [3.63, 3.8) is 0 Å². The van der Waals surface area contributed by atoms with Crippen molar-refractivity contribution in [1.29, 1.82) is 0 Å². The topological polar surface area (TPSA) is 52.2 Å². The van der Waals surface area contributed by atoms with E-state index in [-0.39, 0.29) is 5.56 Å². The third kappa shape index (κ3) is 4.85. The molecule has 0 saturated carbocycles. The summed E-state index contributed by atoms with van der Waals surface area (Å²) in [5.74, 6) is 6.41. The first-order chi connectivity index (χ1) is 16.9. The molecule has 1 aliphatic heterocycles. The molecule has 1 saturated heterocycles. The molecule has 2 aromatic heterocycles. The quantitative estimate of drug-likeness (QED) is 0.419. The Morgan fingerprint density at radius 1 is 0.914 bits per heavy atom. The standard InChI is InChI=1S/C27H21F3N4O/c28-27(29,30)23-4-2-1-3-22(23)26(35)34-15-13-33(14-16-34)25-10-8-20(18-32-25)6-5-19-7-9-24-21(17-19)11-12-31-24/h1-4,7-12,17-18,31H,13-16H2. The number of pyridine rings is 1. The van der Waals surface area contributed by atoms with Gasteiger partial charge in [-0.3, -0.25) is 4.79 Å². The van der Waals surface area contributed by atoms with Crippen LogP contribution < -0.4 is 4.90 Å². The van der Waals surface area contributed by atoms with Gasteiger partial charge in [0.05, 0.1) is 11.1 Å². The minimum absolute atomic E-state index is 0.315. The number of carbonyl (C=O) groups excluding carboxylic acids is 1.